The molecule has 1 aromatic carbocycles. The predicted octanol–water partition coefficient (Wildman–Crippen LogP) is 3.61. The lowest BCUT2D eigenvalue weighted by atomic mass is 9.97. The summed E-state index contributed by atoms with van der Waals surface area (Å²) < 4.78 is 5.38. The Balaban J connectivity index is 2.69. The molecule has 0 saturated carbocycles. The third-order valence-corrected chi connectivity index (χ3v) is 2.83. The van der Waals surface area contributed by atoms with Gasteiger partial charge in [0.2, 0.25) is 0 Å². The third kappa shape index (κ3) is 3.97. The molecule has 0 aromatic heterocycles. The molecule has 0 aliphatic carbocycles. The van der Waals surface area contributed by atoms with Gasteiger partial charge in [0, 0.05) is 12.2 Å². The molecule has 0 aliphatic rings. The van der Waals surface area contributed by atoms with Gasteiger partial charge in [0.05, 0.1) is 0 Å². The van der Waals surface area contributed by atoms with Crippen molar-refractivity contribution >= 4 is 5.78 Å². The second-order valence-corrected chi connectivity index (χ2v) is 4.60. The average molecular weight is 234 g/mol. The maximum atomic E-state index is 12.0. The van der Waals surface area contributed by atoms with Crippen molar-refractivity contribution in [2.24, 2.45) is 0 Å². The number of Topliss-reactive ketones (excluding diaryl/α,β-unsaturated/α-hetero) is 1. The number of ether oxygens (including phenoxy) is 1. The van der Waals surface area contributed by atoms with Crippen LogP contribution in [-0.4, -0.2) is 19.0 Å². The Labute approximate surface area is 104 Å². The topological polar surface area (TPSA) is 26.3 Å². The van der Waals surface area contributed by atoms with Crippen molar-refractivity contribution in [1.29, 1.82) is 0 Å². The first-order valence-corrected chi connectivity index (χ1v) is 6.25. The van der Waals surface area contributed by atoms with Gasteiger partial charge < -0.3 is 4.74 Å². The van der Waals surface area contributed by atoms with Gasteiger partial charge >= 0.3 is 0 Å². The lowest BCUT2D eigenvalue weighted by molar-refractivity contribution is 0.0753. The lowest BCUT2D eigenvalue weighted by Crippen LogP contribution is -2.13. The van der Waals surface area contributed by atoms with Gasteiger partial charge in [-0.25, -0.2) is 0 Å². The molecule has 0 saturated heterocycles. The molecule has 0 bridgehead atoms. The molecule has 2 nitrogen and oxygen atoms in total. The average Bonchev–Trinajstić information content (AvgIpc) is 2.23. The van der Waals surface area contributed by atoms with Gasteiger partial charge in [-0.3, -0.25) is 4.79 Å². The molecule has 2 heteroatoms. The highest BCUT2D eigenvalue weighted by molar-refractivity contribution is 5.99. The third-order valence-electron chi connectivity index (χ3n) is 2.83. The summed E-state index contributed by atoms with van der Waals surface area (Å²) in [5.74, 6) is 0.0936. The number of carbonyl (C=O) groups is 1. The van der Waals surface area contributed by atoms with Crippen LogP contribution in [-0.2, 0) is 4.74 Å². The number of hydrogen-bond donors (Lipinski definition) is 0. The van der Waals surface area contributed by atoms with E-state index in [1.807, 2.05) is 32.9 Å². The maximum Gasteiger partial charge on any atom is 0.188 e. The van der Waals surface area contributed by atoms with Crippen molar-refractivity contribution in [2.45, 2.75) is 40.5 Å². The minimum atomic E-state index is 0.0936. The highest BCUT2D eigenvalue weighted by Gasteiger charge is 2.12. The molecule has 0 spiro atoms. The molecule has 1 aromatic rings. The molecule has 0 heterocycles. The largest absolute Gasteiger partial charge is 0.373 e. The molecule has 0 unspecified atom stereocenters. The van der Waals surface area contributed by atoms with Crippen LogP contribution in [0.15, 0.2) is 12.1 Å². The molecule has 17 heavy (non-hydrogen) atoms. The first-order valence-electron chi connectivity index (χ1n) is 6.25. The number of hydrogen-bond acceptors (Lipinski definition) is 2. The fourth-order valence-corrected chi connectivity index (χ4v) is 2.10. The van der Waals surface area contributed by atoms with Gasteiger partial charge in [0.25, 0.3) is 0 Å². The van der Waals surface area contributed by atoms with Crippen LogP contribution in [0.5, 0.6) is 0 Å². The molecule has 0 fully saturated rings. The fraction of sp³-hybridized carbons (Fsp3) is 0.533. The van der Waals surface area contributed by atoms with Crippen LogP contribution >= 0.6 is 0 Å². The van der Waals surface area contributed by atoms with E-state index in [1.165, 1.54) is 5.56 Å². The van der Waals surface area contributed by atoms with Crippen molar-refractivity contribution in [2.75, 3.05) is 13.2 Å². The van der Waals surface area contributed by atoms with E-state index in [9.17, 15) is 4.79 Å². The predicted molar refractivity (Wildman–Crippen MR) is 70.7 cm³/mol. The second-order valence-electron chi connectivity index (χ2n) is 4.60. The van der Waals surface area contributed by atoms with Crippen LogP contribution in [0.2, 0.25) is 0 Å². The van der Waals surface area contributed by atoms with Gasteiger partial charge in [-0.1, -0.05) is 31.0 Å². The Bertz CT molecular complexity index is 371. The SMILES string of the molecule is CCCCOCC(=O)c1c(C)cc(C)cc1C. The second kappa shape index (κ2) is 6.55. The summed E-state index contributed by atoms with van der Waals surface area (Å²) in [6.45, 7) is 9.00. The standard InChI is InChI=1S/C15H22O2/c1-5-6-7-17-10-14(16)15-12(3)8-11(2)9-13(15)4/h8-9H,5-7,10H2,1-4H3. The van der Waals surface area contributed by atoms with Gasteiger partial charge in [-0.05, 0) is 38.3 Å². The van der Waals surface area contributed by atoms with E-state index in [1.54, 1.807) is 0 Å². The highest BCUT2D eigenvalue weighted by Crippen LogP contribution is 2.17. The van der Waals surface area contributed by atoms with Crippen LogP contribution in [0.1, 0.15) is 46.8 Å². The monoisotopic (exact) mass is 234 g/mol. The number of ketones is 1. The summed E-state index contributed by atoms with van der Waals surface area (Å²) >= 11 is 0. The summed E-state index contributed by atoms with van der Waals surface area (Å²) in [6, 6.07) is 4.10. The van der Waals surface area contributed by atoms with E-state index in [0.717, 1.165) is 29.5 Å². The molecule has 0 amide bonds. The summed E-state index contributed by atoms with van der Waals surface area (Å²) in [5, 5.41) is 0. The molecule has 94 valence electrons. The van der Waals surface area contributed by atoms with E-state index in [2.05, 4.69) is 6.92 Å². The zero-order valence-electron chi connectivity index (χ0n) is 11.3. The van der Waals surface area contributed by atoms with Crippen LogP contribution < -0.4 is 0 Å². The Morgan fingerprint density at radius 1 is 1.18 bits per heavy atom. The lowest BCUT2D eigenvalue weighted by Gasteiger charge is -2.10. The van der Waals surface area contributed by atoms with Gasteiger partial charge in [0.1, 0.15) is 6.61 Å². The molecule has 0 N–H and O–H groups in total. The van der Waals surface area contributed by atoms with Crippen molar-refractivity contribution in [1.82, 2.24) is 0 Å². The minimum Gasteiger partial charge on any atom is -0.373 e. The fourth-order valence-electron chi connectivity index (χ4n) is 2.10. The smallest absolute Gasteiger partial charge is 0.188 e. The first kappa shape index (κ1) is 13.9. The van der Waals surface area contributed by atoms with Crippen LogP contribution in [0.25, 0.3) is 0 Å². The van der Waals surface area contributed by atoms with E-state index in [4.69, 9.17) is 4.74 Å². The number of unbranched alkanes of at least 4 members (excludes halogenated alkanes) is 1. The zero-order chi connectivity index (χ0) is 12.8. The summed E-state index contributed by atoms with van der Waals surface area (Å²) in [4.78, 5) is 12.0. The molecule has 0 radical (unpaired) electrons. The van der Waals surface area contributed by atoms with Crippen molar-refractivity contribution in [3.05, 3.63) is 34.4 Å². The quantitative estimate of drug-likeness (QED) is 0.555. The summed E-state index contributed by atoms with van der Waals surface area (Å²) in [7, 11) is 0. The minimum absolute atomic E-state index is 0.0936. The van der Waals surface area contributed by atoms with Crippen molar-refractivity contribution in [3.63, 3.8) is 0 Å². The number of benzene rings is 1. The molecule has 0 atom stereocenters. The Hall–Kier alpha value is -1.15. The van der Waals surface area contributed by atoms with Crippen LogP contribution in [0, 0.1) is 20.8 Å². The normalized spacial score (nSPS) is 10.6. The maximum absolute atomic E-state index is 12.0. The van der Waals surface area contributed by atoms with E-state index in [0.29, 0.717) is 6.61 Å². The van der Waals surface area contributed by atoms with E-state index in [-0.39, 0.29) is 12.4 Å². The Morgan fingerprint density at radius 2 is 1.76 bits per heavy atom. The van der Waals surface area contributed by atoms with Crippen LogP contribution in [0.3, 0.4) is 0 Å². The molecule has 1 rings (SSSR count). The summed E-state index contributed by atoms with van der Waals surface area (Å²) in [6.07, 6.45) is 2.11. The van der Waals surface area contributed by atoms with Gasteiger partial charge in [-0.2, -0.15) is 0 Å². The van der Waals surface area contributed by atoms with Gasteiger partial charge in [-0.15, -0.1) is 0 Å². The Kier molecular flexibility index (Phi) is 5.36. The molecular weight excluding hydrogens is 212 g/mol. The van der Waals surface area contributed by atoms with Crippen LogP contribution in [0.4, 0.5) is 0 Å². The van der Waals surface area contributed by atoms with Crippen molar-refractivity contribution in [3.8, 4) is 0 Å². The molecular formula is C15H22O2. The molecule has 0 aliphatic heterocycles. The van der Waals surface area contributed by atoms with Crippen molar-refractivity contribution < 1.29 is 9.53 Å². The number of aryl methyl sites for hydroxylation is 3. The highest BCUT2D eigenvalue weighted by atomic mass is 16.5. The summed E-state index contributed by atoms with van der Waals surface area (Å²) in [5.41, 5.74) is 4.12. The number of carbonyl (C=O) groups excluding carboxylic acids is 1. The van der Waals surface area contributed by atoms with E-state index < -0.39 is 0 Å². The van der Waals surface area contributed by atoms with Gasteiger partial charge in [0.15, 0.2) is 5.78 Å². The number of rotatable bonds is 6. The Morgan fingerprint density at radius 3 is 2.29 bits per heavy atom. The zero-order valence-corrected chi connectivity index (χ0v) is 11.3. The van der Waals surface area contributed by atoms with E-state index >= 15 is 0 Å². The first-order chi connectivity index (χ1) is 8.06.